The summed E-state index contributed by atoms with van der Waals surface area (Å²) in [5, 5.41) is 11.4. The molecule has 118 valence electrons. The van der Waals surface area contributed by atoms with Crippen molar-refractivity contribution < 1.29 is 19.1 Å². The Labute approximate surface area is 125 Å². The van der Waals surface area contributed by atoms with Gasteiger partial charge in [0.1, 0.15) is 11.5 Å². The van der Waals surface area contributed by atoms with Crippen molar-refractivity contribution in [1.29, 1.82) is 0 Å². The molecule has 0 spiro atoms. The zero-order valence-corrected chi connectivity index (χ0v) is 13.1. The van der Waals surface area contributed by atoms with E-state index in [0.717, 1.165) is 25.0 Å². The van der Waals surface area contributed by atoms with E-state index in [0.29, 0.717) is 24.3 Å². The zero-order valence-electron chi connectivity index (χ0n) is 13.1. The second-order valence-electron chi connectivity index (χ2n) is 5.59. The Bertz CT molecular complexity index is 477. The second-order valence-corrected chi connectivity index (χ2v) is 5.59. The molecule has 5 nitrogen and oxygen atoms in total. The van der Waals surface area contributed by atoms with Crippen LogP contribution in [0.3, 0.4) is 0 Å². The highest BCUT2D eigenvalue weighted by Gasteiger charge is 2.15. The van der Waals surface area contributed by atoms with Crippen LogP contribution in [0.15, 0.2) is 10.5 Å². The van der Waals surface area contributed by atoms with Gasteiger partial charge in [-0.2, -0.15) is 0 Å². The SMILES string of the molecule is Cc1oc(C(C)C)cc1C(=O)NCCCCCCC(=O)O. The molecular formula is C16H25NO4. The minimum atomic E-state index is -0.750. The quantitative estimate of drug-likeness (QED) is 0.684. The van der Waals surface area contributed by atoms with Crippen molar-refractivity contribution in [2.45, 2.75) is 58.8 Å². The van der Waals surface area contributed by atoms with Crippen LogP contribution in [0.1, 0.15) is 73.7 Å². The molecule has 0 unspecified atom stereocenters. The van der Waals surface area contributed by atoms with Crippen molar-refractivity contribution in [1.82, 2.24) is 5.32 Å². The molecular weight excluding hydrogens is 270 g/mol. The molecule has 1 aromatic heterocycles. The molecule has 1 aromatic rings. The van der Waals surface area contributed by atoms with Gasteiger partial charge in [0, 0.05) is 18.9 Å². The number of furan rings is 1. The Hall–Kier alpha value is -1.78. The van der Waals surface area contributed by atoms with Gasteiger partial charge in [-0.15, -0.1) is 0 Å². The van der Waals surface area contributed by atoms with Crippen LogP contribution in [0, 0.1) is 6.92 Å². The van der Waals surface area contributed by atoms with Gasteiger partial charge >= 0.3 is 5.97 Å². The molecule has 1 amide bonds. The summed E-state index contributed by atoms with van der Waals surface area (Å²) < 4.78 is 5.56. The molecule has 2 N–H and O–H groups in total. The topological polar surface area (TPSA) is 79.5 Å². The van der Waals surface area contributed by atoms with Crippen LogP contribution < -0.4 is 5.32 Å². The summed E-state index contributed by atoms with van der Waals surface area (Å²) in [6.07, 6.45) is 3.58. The number of carboxylic acid groups (broad SMARTS) is 1. The first kappa shape index (κ1) is 17.3. The molecule has 0 atom stereocenters. The number of rotatable bonds is 9. The van der Waals surface area contributed by atoms with E-state index in [1.807, 2.05) is 19.9 Å². The molecule has 0 aliphatic carbocycles. The number of carbonyl (C=O) groups is 2. The monoisotopic (exact) mass is 295 g/mol. The highest BCUT2D eigenvalue weighted by atomic mass is 16.4. The van der Waals surface area contributed by atoms with Crippen molar-refractivity contribution in [2.75, 3.05) is 6.54 Å². The Morgan fingerprint density at radius 2 is 1.90 bits per heavy atom. The fourth-order valence-corrected chi connectivity index (χ4v) is 2.07. The molecule has 1 heterocycles. The van der Waals surface area contributed by atoms with Crippen molar-refractivity contribution in [3.63, 3.8) is 0 Å². The number of hydrogen-bond acceptors (Lipinski definition) is 3. The summed E-state index contributed by atoms with van der Waals surface area (Å²) in [6, 6.07) is 1.81. The third-order valence-electron chi connectivity index (χ3n) is 3.35. The van der Waals surface area contributed by atoms with Crippen LogP contribution in [0.5, 0.6) is 0 Å². The molecule has 0 aliphatic heterocycles. The van der Waals surface area contributed by atoms with Gasteiger partial charge in [0.05, 0.1) is 5.56 Å². The number of aryl methyl sites for hydroxylation is 1. The number of nitrogens with one attached hydrogen (secondary N) is 1. The second kappa shape index (κ2) is 8.49. The van der Waals surface area contributed by atoms with Crippen LogP contribution in [-0.4, -0.2) is 23.5 Å². The fourth-order valence-electron chi connectivity index (χ4n) is 2.07. The molecule has 0 aliphatic rings. The minimum Gasteiger partial charge on any atom is -0.481 e. The maximum Gasteiger partial charge on any atom is 0.303 e. The molecule has 0 bridgehead atoms. The van der Waals surface area contributed by atoms with Gasteiger partial charge in [-0.1, -0.05) is 26.7 Å². The van der Waals surface area contributed by atoms with Crippen LogP contribution in [0.4, 0.5) is 0 Å². The number of unbranched alkanes of at least 4 members (excludes halogenated alkanes) is 3. The summed E-state index contributed by atoms with van der Waals surface area (Å²) in [6.45, 7) is 6.45. The average Bonchev–Trinajstić information content (AvgIpc) is 2.79. The standard InChI is InChI=1S/C16H25NO4/c1-11(2)14-10-13(12(3)21-14)16(20)17-9-7-5-4-6-8-15(18)19/h10-11H,4-9H2,1-3H3,(H,17,20)(H,18,19). The van der Waals surface area contributed by atoms with Gasteiger partial charge in [-0.3, -0.25) is 9.59 Å². The first-order valence-corrected chi connectivity index (χ1v) is 7.52. The Morgan fingerprint density at radius 3 is 2.48 bits per heavy atom. The normalized spacial score (nSPS) is 10.9. The predicted octanol–water partition coefficient (Wildman–Crippen LogP) is 3.48. The lowest BCUT2D eigenvalue weighted by atomic mass is 10.1. The van der Waals surface area contributed by atoms with Crippen LogP contribution in [0.25, 0.3) is 0 Å². The van der Waals surface area contributed by atoms with Crippen molar-refractivity contribution in [2.24, 2.45) is 0 Å². The van der Waals surface area contributed by atoms with Crippen molar-refractivity contribution >= 4 is 11.9 Å². The van der Waals surface area contributed by atoms with Crippen LogP contribution in [0.2, 0.25) is 0 Å². The lowest BCUT2D eigenvalue weighted by Gasteiger charge is -2.04. The average molecular weight is 295 g/mol. The zero-order chi connectivity index (χ0) is 15.8. The number of carboxylic acids is 1. The van der Waals surface area contributed by atoms with Gasteiger partial charge in [-0.25, -0.2) is 0 Å². The highest BCUT2D eigenvalue weighted by Crippen LogP contribution is 2.21. The molecule has 1 rings (SSSR count). The fraction of sp³-hybridized carbons (Fsp3) is 0.625. The molecule has 0 saturated carbocycles. The van der Waals surface area contributed by atoms with E-state index in [9.17, 15) is 9.59 Å². The highest BCUT2D eigenvalue weighted by molar-refractivity contribution is 5.95. The van der Waals surface area contributed by atoms with Crippen LogP contribution in [-0.2, 0) is 4.79 Å². The summed E-state index contributed by atoms with van der Waals surface area (Å²) >= 11 is 0. The van der Waals surface area contributed by atoms with E-state index in [4.69, 9.17) is 9.52 Å². The van der Waals surface area contributed by atoms with Gasteiger partial charge in [0.15, 0.2) is 0 Å². The predicted molar refractivity (Wildman–Crippen MR) is 80.6 cm³/mol. The Morgan fingerprint density at radius 1 is 1.24 bits per heavy atom. The Balaban J connectivity index is 2.26. The summed E-state index contributed by atoms with van der Waals surface area (Å²) in [7, 11) is 0. The number of carbonyl (C=O) groups excluding carboxylic acids is 1. The minimum absolute atomic E-state index is 0.103. The summed E-state index contributed by atoms with van der Waals surface area (Å²) in [4.78, 5) is 22.4. The van der Waals surface area contributed by atoms with E-state index >= 15 is 0 Å². The molecule has 0 aromatic carbocycles. The van der Waals surface area contributed by atoms with Crippen molar-refractivity contribution in [3.8, 4) is 0 Å². The van der Waals surface area contributed by atoms with Crippen LogP contribution >= 0.6 is 0 Å². The lowest BCUT2D eigenvalue weighted by molar-refractivity contribution is -0.137. The van der Waals surface area contributed by atoms with Crippen molar-refractivity contribution in [3.05, 3.63) is 23.2 Å². The number of amides is 1. The van der Waals surface area contributed by atoms with E-state index in [-0.39, 0.29) is 18.2 Å². The number of aliphatic carboxylic acids is 1. The molecule has 5 heteroatoms. The third-order valence-corrected chi connectivity index (χ3v) is 3.35. The molecule has 21 heavy (non-hydrogen) atoms. The first-order valence-electron chi connectivity index (χ1n) is 7.52. The van der Waals surface area contributed by atoms with Gasteiger partial charge in [0.2, 0.25) is 0 Å². The Kier molecular flexibility index (Phi) is 6.99. The van der Waals surface area contributed by atoms with E-state index in [1.165, 1.54) is 0 Å². The first-order chi connectivity index (χ1) is 9.91. The summed E-state index contributed by atoms with van der Waals surface area (Å²) in [5.41, 5.74) is 0.601. The van der Waals surface area contributed by atoms with Gasteiger partial charge < -0.3 is 14.8 Å². The largest absolute Gasteiger partial charge is 0.481 e. The van der Waals surface area contributed by atoms with E-state index < -0.39 is 5.97 Å². The smallest absolute Gasteiger partial charge is 0.303 e. The molecule has 0 saturated heterocycles. The summed E-state index contributed by atoms with van der Waals surface area (Å²) in [5.74, 6) is 0.886. The van der Waals surface area contributed by atoms with E-state index in [1.54, 1.807) is 6.92 Å². The number of hydrogen-bond donors (Lipinski definition) is 2. The van der Waals surface area contributed by atoms with Gasteiger partial charge in [-0.05, 0) is 25.8 Å². The lowest BCUT2D eigenvalue weighted by Crippen LogP contribution is -2.24. The van der Waals surface area contributed by atoms with Gasteiger partial charge in [0.25, 0.3) is 5.91 Å². The molecule has 0 fully saturated rings. The maximum absolute atomic E-state index is 12.0. The molecule has 0 radical (unpaired) electrons. The maximum atomic E-state index is 12.0. The third kappa shape index (κ3) is 6.02. The van der Waals surface area contributed by atoms with E-state index in [2.05, 4.69) is 5.32 Å².